The first kappa shape index (κ1) is 13.9. The third-order valence-electron chi connectivity index (χ3n) is 2.16. The van der Waals surface area contributed by atoms with Crippen LogP contribution in [-0.2, 0) is 9.47 Å². The van der Waals surface area contributed by atoms with Gasteiger partial charge in [0.05, 0.1) is 19.3 Å². The highest BCUT2D eigenvalue weighted by Gasteiger charge is 2.05. The minimum absolute atomic E-state index is 0.181. The summed E-state index contributed by atoms with van der Waals surface area (Å²) in [5, 5.41) is 9.15. The molecule has 14 heavy (non-hydrogen) atoms. The number of hydrogen-bond acceptors (Lipinski definition) is 3. The van der Waals surface area contributed by atoms with E-state index in [1.807, 2.05) is 6.92 Å². The molecule has 2 atom stereocenters. The molecule has 0 heterocycles. The summed E-state index contributed by atoms with van der Waals surface area (Å²) < 4.78 is 10.2. The molecule has 0 aliphatic carbocycles. The van der Waals surface area contributed by atoms with Gasteiger partial charge in [0.25, 0.3) is 0 Å². The lowest BCUT2D eigenvalue weighted by molar-refractivity contribution is 0.0662. The first-order valence-corrected chi connectivity index (χ1v) is 5.41. The van der Waals surface area contributed by atoms with Crippen LogP contribution in [0.5, 0.6) is 0 Å². The van der Waals surface area contributed by atoms with E-state index >= 15 is 0 Å². The maximum atomic E-state index is 9.15. The SMILES string of the molecule is COCCOCCCC(C)CC(C)O. The quantitative estimate of drug-likeness (QED) is 0.582. The van der Waals surface area contributed by atoms with Crippen molar-refractivity contribution < 1.29 is 14.6 Å². The molecule has 0 amide bonds. The normalized spacial score (nSPS) is 15.4. The number of hydrogen-bond donors (Lipinski definition) is 1. The van der Waals surface area contributed by atoms with E-state index in [1.165, 1.54) is 0 Å². The summed E-state index contributed by atoms with van der Waals surface area (Å²) in [6, 6.07) is 0. The van der Waals surface area contributed by atoms with Crippen LogP contribution in [0.2, 0.25) is 0 Å². The van der Waals surface area contributed by atoms with E-state index in [9.17, 15) is 0 Å². The number of aliphatic hydroxyl groups is 1. The topological polar surface area (TPSA) is 38.7 Å². The van der Waals surface area contributed by atoms with Gasteiger partial charge in [-0.25, -0.2) is 0 Å². The van der Waals surface area contributed by atoms with Gasteiger partial charge in [-0.1, -0.05) is 6.92 Å². The smallest absolute Gasteiger partial charge is 0.0700 e. The van der Waals surface area contributed by atoms with Crippen LogP contribution in [0.4, 0.5) is 0 Å². The minimum Gasteiger partial charge on any atom is -0.393 e. The Bertz CT molecular complexity index is 115. The van der Waals surface area contributed by atoms with Crippen LogP contribution >= 0.6 is 0 Å². The van der Waals surface area contributed by atoms with Gasteiger partial charge in [0.15, 0.2) is 0 Å². The molecule has 3 nitrogen and oxygen atoms in total. The summed E-state index contributed by atoms with van der Waals surface area (Å²) in [5.41, 5.74) is 0. The maximum absolute atomic E-state index is 9.15. The first-order valence-electron chi connectivity index (χ1n) is 5.41. The Morgan fingerprint density at radius 3 is 2.43 bits per heavy atom. The predicted molar refractivity (Wildman–Crippen MR) is 57.4 cm³/mol. The molecule has 0 aliphatic rings. The summed E-state index contributed by atoms with van der Waals surface area (Å²) in [7, 11) is 1.67. The standard InChI is InChI=1S/C11H24O3/c1-10(9-11(2)12)5-4-6-14-8-7-13-3/h10-12H,4-9H2,1-3H3. The Balaban J connectivity index is 3.10. The molecule has 0 saturated heterocycles. The van der Waals surface area contributed by atoms with Crippen LogP contribution in [0, 0.1) is 5.92 Å². The number of rotatable bonds is 9. The lowest BCUT2D eigenvalue weighted by Crippen LogP contribution is -2.09. The van der Waals surface area contributed by atoms with E-state index in [1.54, 1.807) is 7.11 Å². The zero-order valence-corrected chi connectivity index (χ0v) is 9.66. The van der Waals surface area contributed by atoms with Gasteiger partial charge in [0.2, 0.25) is 0 Å². The minimum atomic E-state index is -0.181. The van der Waals surface area contributed by atoms with Gasteiger partial charge in [-0.2, -0.15) is 0 Å². The molecule has 0 aromatic carbocycles. The molecule has 0 aromatic rings. The summed E-state index contributed by atoms with van der Waals surface area (Å²) in [6.07, 6.45) is 2.90. The van der Waals surface area contributed by atoms with Gasteiger partial charge in [0.1, 0.15) is 0 Å². The molecule has 0 bridgehead atoms. The zero-order chi connectivity index (χ0) is 10.8. The fraction of sp³-hybridized carbons (Fsp3) is 1.00. The van der Waals surface area contributed by atoms with Crippen LogP contribution in [0.25, 0.3) is 0 Å². The van der Waals surface area contributed by atoms with Gasteiger partial charge in [-0.05, 0) is 32.1 Å². The molecule has 86 valence electrons. The van der Waals surface area contributed by atoms with Crippen molar-refractivity contribution in [2.45, 2.75) is 39.2 Å². The lowest BCUT2D eigenvalue weighted by atomic mass is 9.99. The van der Waals surface area contributed by atoms with E-state index in [-0.39, 0.29) is 6.10 Å². The highest BCUT2D eigenvalue weighted by molar-refractivity contribution is 4.57. The second-order valence-corrected chi connectivity index (χ2v) is 3.94. The molecule has 0 radical (unpaired) electrons. The third kappa shape index (κ3) is 9.96. The van der Waals surface area contributed by atoms with Crippen LogP contribution < -0.4 is 0 Å². The van der Waals surface area contributed by atoms with Gasteiger partial charge in [-0.15, -0.1) is 0 Å². The van der Waals surface area contributed by atoms with Gasteiger partial charge in [0, 0.05) is 13.7 Å². The van der Waals surface area contributed by atoms with Gasteiger partial charge in [-0.3, -0.25) is 0 Å². The summed E-state index contributed by atoms with van der Waals surface area (Å²) in [6.45, 7) is 6.16. The second-order valence-electron chi connectivity index (χ2n) is 3.94. The van der Waals surface area contributed by atoms with E-state index in [0.717, 1.165) is 25.9 Å². The lowest BCUT2D eigenvalue weighted by Gasteiger charge is -2.12. The van der Waals surface area contributed by atoms with Crippen molar-refractivity contribution in [3.8, 4) is 0 Å². The fourth-order valence-electron chi connectivity index (χ4n) is 1.48. The molecule has 0 fully saturated rings. The summed E-state index contributed by atoms with van der Waals surface area (Å²) in [4.78, 5) is 0. The van der Waals surface area contributed by atoms with Crippen LogP contribution in [0.15, 0.2) is 0 Å². The molecule has 0 aromatic heterocycles. The highest BCUT2D eigenvalue weighted by Crippen LogP contribution is 2.12. The second kappa shape index (κ2) is 9.44. The van der Waals surface area contributed by atoms with Crippen LogP contribution in [0.3, 0.4) is 0 Å². The maximum Gasteiger partial charge on any atom is 0.0700 e. The summed E-state index contributed by atoms with van der Waals surface area (Å²) >= 11 is 0. The number of ether oxygens (including phenoxy) is 2. The van der Waals surface area contributed by atoms with E-state index < -0.39 is 0 Å². The molecular weight excluding hydrogens is 180 g/mol. The molecule has 3 heteroatoms. The predicted octanol–water partition coefficient (Wildman–Crippen LogP) is 1.84. The van der Waals surface area contributed by atoms with Crippen LogP contribution in [0.1, 0.15) is 33.1 Å². The third-order valence-corrected chi connectivity index (χ3v) is 2.16. The molecule has 0 saturated carbocycles. The summed E-state index contributed by atoms with van der Waals surface area (Å²) in [5.74, 6) is 0.584. The Morgan fingerprint density at radius 2 is 1.86 bits per heavy atom. The molecule has 0 aliphatic heterocycles. The monoisotopic (exact) mass is 204 g/mol. The largest absolute Gasteiger partial charge is 0.393 e. The van der Waals surface area contributed by atoms with E-state index in [2.05, 4.69) is 6.92 Å². The zero-order valence-electron chi connectivity index (χ0n) is 9.66. The molecule has 2 unspecified atom stereocenters. The van der Waals surface area contributed by atoms with Crippen molar-refractivity contribution in [1.82, 2.24) is 0 Å². The van der Waals surface area contributed by atoms with E-state index in [0.29, 0.717) is 19.1 Å². The first-order chi connectivity index (χ1) is 6.66. The number of methoxy groups -OCH3 is 1. The van der Waals surface area contributed by atoms with Crippen LogP contribution in [-0.4, -0.2) is 38.1 Å². The molecule has 1 N–H and O–H groups in total. The average Bonchev–Trinajstić information content (AvgIpc) is 2.10. The van der Waals surface area contributed by atoms with Gasteiger partial charge < -0.3 is 14.6 Å². The van der Waals surface area contributed by atoms with Crippen molar-refractivity contribution in [2.75, 3.05) is 26.9 Å². The number of aliphatic hydroxyl groups excluding tert-OH is 1. The van der Waals surface area contributed by atoms with Crippen molar-refractivity contribution in [2.24, 2.45) is 5.92 Å². The van der Waals surface area contributed by atoms with Crippen molar-refractivity contribution in [1.29, 1.82) is 0 Å². The van der Waals surface area contributed by atoms with Gasteiger partial charge >= 0.3 is 0 Å². The molecule has 0 spiro atoms. The average molecular weight is 204 g/mol. The Hall–Kier alpha value is -0.120. The fourth-order valence-corrected chi connectivity index (χ4v) is 1.48. The van der Waals surface area contributed by atoms with Crippen molar-refractivity contribution in [3.05, 3.63) is 0 Å². The van der Waals surface area contributed by atoms with Crippen molar-refractivity contribution >= 4 is 0 Å². The molecule has 0 rings (SSSR count). The molecular formula is C11H24O3. The Labute approximate surface area is 87.4 Å². The Morgan fingerprint density at radius 1 is 1.14 bits per heavy atom. The Kier molecular flexibility index (Phi) is 9.35. The van der Waals surface area contributed by atoms with Crippen molar-refractivity contribution in [3.63, 3.8) is 0 Å². The van der Waals surface area contributed by atoms with E-state index in [4.69, 9.17) is 14.6 Å². The highest BCUT2D eigenvalue weighted by atomic mass is 16.5.